The fourth-order valence-electron chi connectivity index (χ4n) is 2.87. The van der Waals surface area contributed by atoms with Gasteiger partial charge in [0, 0.05) is 13.0 Å². The van der Waals surface area contributed by atoms with E-state index >= 15 is 0 Å². The molecule has 0 bridgehead atoms. The zero-order valence-electron chi connectivity index (χ0n) is 14.9. The van der Waals surface area contributed by atoms with Crippen molar-refractivity contribution in [2.24, 2.45) is 0 Å². The van der Waals surface area contributed by atoms with E-state index in [9.17, 15) is 14.4 Å². The number of fused-ring (bicyclic) bond motifs is 1. The first-order chi connectivity index (χ1) is 12.4. The van der Waals surface area contributed by atoms with Gasteiger partial charge in [-0.2, -0.15) is 4.98 Å². The molecular formula is C18H20N4O4. The van der Waals surface area contributed by atoms with Gasteiger partial charge in [0.05, 0.1) is 11.1 Å². The van der Waals surface area contributed by atoms with Gasteiger partial charge in [0.25, 0.3) is 11.8 Å². The molecule has 0 aliphatic carbocycles. The number of imide groups is 1. The van der Waals surface area contributed by atoms with Gasteiger partial charge in [-0.15, -0.1) is 0 Å². The summed E-state index contributed by atoms with van der Waals surface area (Å²) in [7, 11) is 0. The van der Waals surface area contributed by atoms with Gasteiger partial charge < -0.3 is 9.84 Å². The molecule has 26 heavy (non-hydrogen) atoms. The lowest BCUT2D eigenvalue weighted by Crippen LogP contribution is -2.32. The maximum atomic E-state index is 12.4. The molecule has 3 amide bonds. The molecule has 0 saturated carbocycles. The van der Waals surface area contributed by atoms with E-state index in [0.29, 0.717) is 29.3 Å². The van der Waals surface area contributed by atoms with Crippen LogP contribution in [0.25, 0.3) is 0 Å². The Morgan fingerprint density at radius 3 is 2.65 bits per heavy atom. The summed E-state index contributed by atoms with van der Waals surface area (Å²) in [6, 6.07) is 4.80. The predicted octanol–water partition coefficient (Wildman–Crippen LogP) is 1.94. The first kappa shape index (κ1) is 17.8. The molecule has 1 unspecified atom stereocenters. The average Bonchev–Trinajstić information content (AvgIpc) is 3.12. The molecule has 0 saturated heterocycles. The Balaban J connectivity index is 1.51. The molecule has 1 aliphatic heterocycles. The number of hydrogen-bond acceptors (Lipinski definition) is 6. The number of nitrogens with one attached hydrogen (secondary N) is 1. The van der Waals surface area contributed by atoms with E-state index in [1.807, 2.05) is 13.0 Å². The number of nitrogens with zero attached hydrogens (tertiary/aromatic N) is 3. The van der Waals surface area contributed by atoms with E-state index in [1.54, 1.807) is 26.0 Å². The second kappa shape index (κ2) is 7.07. The minimum atomic E-state index is -0.397. The van der Waals surface area contributed by atoms with Crippen LogP contribution < -0.4 is 5.32 Å². The Bertz CT molecular complexity index is 874. The van der Waals surface area contributed by atoms with Gasteiger partial charge in [-0.05, 0) is 39.3 Å². The van der Waals surface area contributed by atoms with Crippen molar-refractivity contribution in [3.63, 3.8) is 0 Å². The van der Waals surface area contributed by atoms with Crippen molar-refractivity contribution >= 4 is 17.7 Å². The van der Waals surface area contributed by atoms with E-state index in [4.69, 9.17) is 4.52 Å². The lowest BCUT2D eigenvalue weighted by Gasteiger charge is -2.14. The fraction of sp³-hybridized carbons (Fsp3) is 0.389. The maximum Gasteiger partial charge on any atom is 0.261 e. The second-order valence-electron chi connectivity index (χ2n) is 6.38. The van der Waals surface area contributed by atoms with E-state index in [-0.39, 0.29) is 30.7 Å². The molecule has 1 atom stereocenters. The summed E-state index contributed by atoms with van der Waals surface area (Å²) >= 11 is 0. The number of carbonyl (C=O) groups excluding carboxylic acids is 3. The minimum absolute atomic E-state index is 0.184. The van der Waals surface area contributed by atoms with Gasteiger partial charge >= 0.3 is 0 Å². The lowest BCUT2D eigenvalue weighted by atomic mass is 10.1. The van der Waals surface area contributed by atoms with Gasteiger partial charge in [0.1, 0.15) is 6.04 Å². The van der Waals surface area contributed by atoms with Crippen molar-refractivity contribution in [1.82, 2.24) is 20.4 Å². The third-order valence-corrected chi connectivity index (χ3v) is 4.20. The highest BCUT2D eigenvalue weighted by Crippen LogP contribution is 2.24. The van der Waals surface area contributed by atoms with Crippen molar-refractivity contribution < 1.29 is 18.9 Å². The van der Waals surface area contributed by atoms with Gasteiger partial charge in [-0.1, -0.05) is 16.8 Å². The lowest BCUT2D eigenvalue weighted by molar-refractivity contribution is -0.122. The molecule has 1 N–H and O–H groups in total. The van der Waals surface area contributed by atoms with Crippen LogP contribution in [0.2, 0.25) is 0 Å². The first-order valence-electron chi connectivity index (χ1n) is 8.43. The summed E-state index contributed by atoms with van der Waals surface area (Å²) in [6.45, 7) is 5.52. The van der Waals surface area contributed by atoms with Gasteiger partial charge in [-0.25, -0.2) is 0 Å². The monoisotopic (exact) mass is 356 g/mol. The number of benzene rings is 1. The van der Waals surface area contributed by atoms with Crippen LogP contribution in [0, 0.1) is 13.8 Å². The highest BCUT2D eigenvalue weighted by Gasteiger charge is 2.35. The Morgan fingerprint density at radius 2 is 1.96 bits per heavy atom. The van der Waals surface area contributed by atoms with Crippen molar-refractivity contribution in [1.29, 1.82) is 0 Å². The molecule has 136 valence electrons. The SMILES string of the molecule is Cc1ccc2c(c1)C(=O)N(CCCC(=O)NC(C)c1nc(C)no1)C2=O. The van der Waals surface area contributed by atoms with Gasteiger partial charge in [-0.3, -0.25) is 19.3 Å². The summed E-state index contributed by atoms with van der Waals surface area (Å²) in [5.41, 5.74) is 1.78. The van der Waals surface area contributed by atoms with Crippen LogP contribution in [0.15, 0.2) is 22.7 Å². The van der Waals surface area contributed by atoms with E-state index < -0.39 is 6.04 Å². The number of carbonyl (C=O) groups is 3. The van der Waals surface area contributed by atoms with E-state index in [0.717, 1.165) is 5.56 Å². The molecule has 1 aromatic carbocycles. The first-order valence-corrected chi connectivity index (χ1v) is 8.43. The van der Waals surface area contributed by atoms with Crippen LogP contribution >= 0.6 is 0 Å². The molecule has 2 heterocycles. The molecule has 8 heteroatoms. The van der Waals surface area contributed by atoms with Gasteiger partial charge in [0.2, 0.25) is 11.8 Å². The second-order valence-corrected chi connectivity index (χ2v) is 6.38. The molecule has 0 spiro atoms. The highest BCUT2D eigenvalue weighted by atomic mass is 16.5. The smallest absolute Gasteiger partial charge is 0.261 e. The quantitative estimate of drug-likeness (QED) is 0.793. The summed E-state index contributed by atoms with van der Waals surface area (Å²) < 4.78 is 5.01. The molecule has 1 aliphatic rings. The summed E-state index contributed by atoms with van der Waals surface area (Å²) in [5.74, 6) is 0.0262. The number of aromatic nitrogens is 2. The van der Waals surface area contributed by atoms with Crippen LogP contribution in [0.4, 0.5) is 0 Å². The molecule has 8 nitrogen and oxygen atoms in total. The number of rotatable bonds is 6. The third kappa shape index (κ3) is 3.49. The maximum absolute atomic E-state index is 12.4. The molecule has 3 rings (SSSR count). The standard InChI is InChI=1S/C18H20N4O4/c1-10-6-7-13-14(9-10)18(25)22(17(13)24)8-4-5-15(23)19-11(2)16-20-12(3)21-26-16/h6-7,9,11H,4-5,8H2,1-3H3,(H,19,23). The van der Waals surface area contributed by atoms with E-state index in [2.05, 4.69) is 15.5 Å². The van der Waals surface area contributed by atoms with Crippen molar-refractivity contribution in [2.75, 3.05) is 6.54 Å². The Labute approximate surface area is 150 Å². The summed E-state index contributed by atoms with van der Waals surface area (Å²) in [4.78, 5) is 42.0. The Hall–Kier alpha value is -3.03. The molecule has 0 radical (unpaired) electrons. The number of hydrogen-bond donors (Lipinski definition) is 1. The zero-order valence-corrected chi connectivity index (χ0v) is 14.9. The highest BCUT2D eigenvalue weighted by molar-refractivity contribution is 6.21. The topological polar surface area (TPSA) is 105 Å². The number of aryl methyl sites for hydroxylation is 2. The average molecular weight is 356 g/mol. The minimum Gasteiger partial charge on any atom is -0.345 e. The van der Waals surface area contributed by atoms with Crippen LogP contribution in [-0.2, 0) is 4.79 Å². The predicted molar refractivity (Wildman–Crippen MR) is 91.4 cm³/mol. The molecule has 1 aromatic heterocycles. The van der Waals surface area contributed by atoms with Crippen molar-refractivity contribution in [3.8, 4) is 0 Å². The Kier molecular flexibility index (Phi) is 4.83. The van der Waals surface area contributed by atoms with Crippen LogP contribution in [0.5, 0.6) is 0 Å². The largest absolute Gasteiger partial charge is 0.345 e. The van der Waals surface area contributed by atoms with Gasteiger partial charge in [0.15, 0.2) is 5.82 Å². The molecule has 2 aromatic rings. The molecular weight excluding hydrogens is 336 g/mol. The summed E-state index contributed by atoms with van der Waals surface area (Å²) in [6.07, 6.45) is 0.565. The van der Waals surface area contributed by atoms with Crippen LogP contribution in [-0.4, -0.2) is 39.3 Å². The normalized spacial score (nSPS) is 14.5. The Morgan fingerprint density at radius 1 is 1.23 bits per heavy atom. The van der Waals surface area contributed by atoms with Crippen molar-refractivity contribution in [3.05, 3.63) is 46.6 Å². The fourth-order valence-corrected chi connectivity index (χ4v) is 2.87. The van der Waals surface area contributed by atoms with E-state index in [1.165, 1.54) is 4.90 Å². The van der Waals surface area contributed by atoms with Crippen molar-refractivity contribution in [2.45, 2.75) is 39.7 Å². The third-order valence-electron chi connectivity index (χ3n) is 4.20. The van der Waals surface area contributed by atoms with Crippen LogP contribution in [0.3, 0.4) is 0 Å². The molecule has 0 fully saturated rings. The number of amides is 3. The summed E-state index contributed by atoms with van der Waals surface area (Å²) in [5, 5.41) is 6.44. The zero-order chi connectivity index (χ0) is 18.8. The van der Waals surface area contributed by atoms with Crippen LogP contribution in [0.1, 0.15) is 63.8 Å².